The second-order valence-electron chi connectivity index (χ2n) is 4.16. The topological polar surface area (TPSA) is 37.4 Å². The minimum Gasteiger partial charge on any atom is -0.300 e. The van der Waals surface area contributed by atoms with Crippen molar-refractivity contribution < 1.29 is 9.59 Å². The van der Waals surface area contributed by atoms with Crippen LogP contribution in [-0.4, -0.2) is 30.1 Å². The molecule has 1 saturated heterocycles. The Morgan fingerprint density at radius 1 is 1.44 bits per heavy atom. The fourth-order valence-electron chi connectivity index (χ4n) is 1.94. The maximum atomic E-state index is 11.1. The van der Waals surface area contributed by atoms with Crippen LogP contribution < -0.4 is 0 Å². The Kier molecular flexibility index (Phi) is 3.51. The Morgan fingerprint density at radius 2 is 2.12 bits per heavy atom. The second-order valence-corrected chi connectivity index (χ2v) is 5.50. The van der Waals surface area contributed by atoms with Gasteiger partial charge in [-0.05, 0) is 13.0 Å². The van der Waals surface area contributed by atoms with Crippen LogP contribution in [0.3, 0.4) is 0 Å². The number of ketones is 1. The van der Waals surface area contributed by atoms with Crippen molar-refractivity contribution in [2.45, 2.75) is 26.3 Å². The summed E-state index contributed by atoms with van der Waals surface area (Å²) in [5.41, 5.74) is 0.799. The van der Waals surface area contributed by atoms with Crippen LogP contribution >= 0.6 is 11.3 Å². The molecule has 2 rings (SSSR count). The van der Waals surface area contributed by atoms with E-state index in [9.17, 15) is 9.59 Å². The van der Waals surface area contributed by atoms with Gasteiger partial charge in [-0.25, -0.2) is 0 Å². The molecule has 1 aliphatic heterocycles. The van der Waals surface area contributed by atoms with E-state index in [4.69, 9.17) is 0 Å². The Balaban J connectivity index is 1.98. The summed E-state index contributed by atoms with van der Waals surface area (Å²) in [5, 5.41) is 0. The summed E-state index contributed by atoms with van der Waals surface area (Å²) in [4.78, 5) is 26.4. The third kappa shape index (κ3) is 2.57. The second kappa shape index (κ2) is 4.89. The smallest absolute Gasteiger partial charge is 0.151 e. The number of piperidine rings is 1. The average molecular weight is 237 g/mol. The normalized spacial score (nSPS) is 17.7. The van der Waals surface area contributed by atoms with E-state index in [2.05, 4.69) is 4.90 Å². The SMILES string of the molecule is Cc1sc(CN2CCC(=O)CC2)cc1C=O. The highest BCUT2D eigenvalue weighted by molar-refractivity contribution is 7.12. The summed E-state index contributed by atoms with van der Waals surface area (Å²) in [6.45, 7) is 4.54. The van der Waals surface area contributed by atoms with Crippen molar-refractivity contribution in [3.8, 4) is 0 Å². The molecule has 2 heterocycles. The lowest BCUT2D eigenvalue weighted by molar-refractivity contribution is -0.121. The Morgan fingerprint density at radius 3 is 2.69 bits per heavy atom. The van der Waals surface area contributed by atoms with Crippen LogP contribution in [0, 0.1) is 6.92 Å². The minimum atomic E-state index is 0.368. The van der Waals surface area contributed by atoms with Gasteiger partial charge >= 0.3 is 0 Å². The summed E-state index contributed by atoms with van der Waals surface area (Å²) in [7, 11) is 0. The van der Waals surface area contributed by atoms with Gasteiger partial charge in [0.25, 0.3) is 0 Å². The van der Waals surface area contributed by atoms with Crippen LogP contribution in [0.1, 0.15) is 33.0 Å². The number of hydrogen-bond acceptors (Lipinski definition) is 4. The molecule has 1 fully saturated rings. The molecule has 3 nitrogen and oxygen atoms in total. The number of thiophene rings is 1. The maximum Gasteiger partial charge on any atom is 0.151 e. The van der Waals surface area contributed by atoms with Crippen LogP contribution in [0.5, 0.6) is 0 Å². The molecule has 4 heteroatoms. The zero-order chi connectivity index (χ0) is 11.5. The van der Waals surface area contributed by atoms with Crippen LogP contribution in [0.2, 0.25) is 0 Å². The van der Waals surface area contributed by atoms with Gasteiger partial charge in [0.15, 0.2) is 6.29 Å². The largest absolute Gasteiger partial charge is 0.300 e. The van der Waals surface area contributed by atoms with Gasteiger partial charge in [-0.3, -0.25) is 14.5 Å². The van der Waals surface area contributed by atoms with E-state index in [-0.39, 0.29) is 0 Å². The van der Waals surface area contributed by atoms with Crippen molar-refractivity contribution in [3.63, 3.8) is 0 Å². The number of aryl methyl sites for hydroxylation is 1. The van der Waals surface area contributed by atoms with E-state index >= 15 is 0 Å². The van der Waals surface area contributed by atoms with E-state index in [0.717, 1.165) is 36.4 Å². The van der Waals surface area contributed by atoms with Crippen LogP contribution in [0.15, 0.2) is 6.07 Å². The van der Waals surface area contributed by atoms with Crippen LogP contribution in [0.25, 0.3) is 0 Å². The minimum absolute atomic E-state index is 0.368. The van der Waals surface area contributed by atoms with Crippen LogP contribution in [0.4, 0.5) is 0 Å². The molecule has 0 aromatic carbocycles. The number of aldehydes is 1. The van der Waals surface area contributed by atoms with Gasteiger partial charge in [0.1, 0.15) is 5.78 Å². The molecule has 0 N–H and O–H groups in total. The molecule has 16 heavy (non-hydrogen) atoms. The van der Waals surface area contributed by atoms with Gasteiger partial charge < -0.3 is 0 Å². The number of Topliss-reactive ketones (excluding diaryl/α,β-unsaturated/α-hetero) is 1. The summed E-state index contributed by atoms with van der Waals surface area (Å²) in [6.07, 6.45) is 2.25. The zero-order valence-electron chi connectivity index (χ0n) is 9.36. The molecule has 0 aliphatic carbocycles. The molecular weight excluding hydrogens is 222 g/mol. The number of nitrogens with zero attached hydrogens (tertiary/aromatic N) is 1. The molecule has 0 saturated carbocycles. The molecule has 86 valence electrons. The van der Waals surface area contributed by atoms with Gasteiger partial charge in [0.2, 0.25) is 0 Å². The first kappa shape index (κ1) is 11.5. The third-order valence-corrected chi connectivity index (χ3v) is 3.98. The molecule has 1 aliphatic rings. The number of carbonyl (C=O) groups excluding carboxylic acids is 2. The first-order valence-electron chi connectivity index (χ1n) is 5.47. The number of carbonyl (C=O) groups is 2. The molecule has 0 spiro atoms. The number of hydrogen-bond donors (Lipinski definition) is 0. The van der Waals surface area contributed by atoms with E-state index in [1.165, 1.54) is 4.88 Å². The lowest BCUT2D eigenvalue weighted by Crippen LogP contribution is -2.32. The van der Waals surface area contributed by atoms with Gasteiger partial charge in [-0.2, -0.15) is 0 Å². The molecule has 0 unspecified atom stereocenters. The molecule has 0 bridgehead atoms. The van der Waals surface area contributed by atoms with Crippen molar-refractivity contribution in [2.75, 3.05) is 13.1 Å². The van der Waals surface area contributed by atoms with Gasteiger partial charge in [0, 0.05) is 47.8 Å². The van der Waals surface area contributed by atoms with Gasteiger partial charge in [0.05, 0.1) is 0 Å². The van der Waals surface area contributed by atoms with Crippen molar-refractivity contribution in [2.24, 2.45) is 0 Å². The summed E-state index contributed by atoms with van der Waals surface area (Å²) in [6, 6.07) is 1.96. The predicted octanol–water partition coefficient (Wildman–Crippen LogP) is 2.03. The van der Waals surface area contributed by atoms with Crippen molar-refractivity contribution >= 4 is 23.4 Å². The maximum absolute atomic E-state index is 11.1. The van der Waals surface area contributed by atoms with E-state index in [1.807, 2.05) is 13.0 Å². The summed E-state index contributed by atoms with van der Waals surface area (Å²) < 4.78 is 0. The molecule has 0 atom stereocenters. The van der Waals surface area contributed by atoms with E-state index < -0.39 is 0 Å². The van der Waals surface area contributed by atoms with E-state index in [0.29, 0.717) is 18.6 Å². The van der Waals surface area contributed by atoms with Crippen molar-refractivity contribution in [3.05, 3.63) is 21.4 Å². The lowest BCUT2D eigenvalue weighted by Gasteiger charge is -2.24. The first-order valence-corrected chi connectivity index (χ1v) is 6.29. The van der Waals surface area contributed by atoms with Crippen molar-refractivity contribution in [1.82, 2.24) is 4.90 Å². The molecule has 1 aromatic heterocycles. The zero-order valence-corrected chi connectivity index (χ0v) is 10.2. The summed E-state index contributed by atoms with van der Waals surface area (Å²) in [5.74, 6) is 0.368. The number of likely N-dealkylation sites (tertiary alicyclic amines) is 1. The molecule has 0 amide bonds. The Hall–Kier alpha value is -1.00. The summed E-state index contributed by atoms with van der Waals surface area (Å²) >= 11 is 1.68. The molecule has 0 radical (unpaired) electrons. The third-order valence-electron chi connectivity index (χ3n) is 2.93. The quantitative estimate of drug-likeness (QED) is 0.755. The van der Waals surface area contributed by atoms with Crippen molar-refractivity contribution in [1.29, 1.82) is 0 Å². The highest BCUT2D eigenvalue weighted by Gasteiger charge is 2.17. The Bertz CT molecular complexity index is 401. The van der Waals surface area contributed by atoms with E-state index in [1.54, 1.807) is 11.3 Å². The fourth-order valence-corrected chi connectivity index (χ4v) is 2.99. The number of rotatable bonds is 3. The van der Waals surface area contributed by atoms with Gasteiger partial charge in [-0.15, -0.1) is 11.3 Å². The first-order chi connectivity index (χ1) is 7.69. The highest BCUT2D eigenvalue weighted by atomic mass is 32.1. The van der Waals surface area contributed by atoms with Crippen LogP contribution in [-0.2, 0) is 11.3 Å². The molecule has 1 aromatic rings. The van der Waals surface area contributed by atoms with Gasteiger partial charge in [-0.1, -0.05) is 0 Å². The average Bonchev–Trinajstić information content (AvgIpc) is 2.62. The standard InChI is InChI=1S/C12H15NO2S/c1-9-10(8-14)6-12(16-9)7-13-4-2-11(15)3-5-13/h6,8H,2-5,7H2,1H3. The lowest BCUT2D eigenvalue weighted by atomic mass is 10.1. The fraction of sp³-hybridized carbons (Fsp3) is 0.500. The Labute approximate surface area is 99.1 Å². The predicted molar refractivity (Wildman–Crippen MR) is 64.0 cm³/mol. The monoisotopic (exact) mass is 237 g/mol. The molecular formula is C12H15NO2S. The highest BCUT2D eigenvalue weighted by Crippen LogP contribution is 2.22.